The number of para-hydroxylation sites is 1. The van der Waals surface area contributed by atoms with Gasteiger partial charge in [-0.1, -0.05) is 30.9 Å². The van der Waals surface area contributed by atoms with E-state index in [2.05, 4.69) is 61.6 Å². The molecular formula is C26H38N5O5PS. The van der Waals surface area contributed by atoms with Gasteiger partial charge < -0.3 is 29.5 Å². The summed E-state index contributed by atoms with van der Waals surface area (Å²) in [7, 11) is -1.67. The number of nitrogens with one attached hydrogen (secondary N) is 3. The van der Waals surface area contributed by atoms with Crippen molar-refractivity contribution in [3.63, 3.8) is 0 Å². The Bertz CT molecular complexity index is 1030. The lowest BCUT2D eigenvalue weighted by atomic mass is 10.1. The maximum atomic E-state index is 11.9. The van der Waals surface area contributed by atoms with Gasteiger partial charge in [-0.2, -0.15) is 5.48 Å². The zero-order valence-electron chi connectivity index (χ0n) is 23.2. The van der Waals surface area contributed by atoms with E-state index in [1.807, 2.05) is 30.3 Å². The van der Waals surface area contributed by atoms with Crippen LogP contribution in [0.25, 0.3) is 0 Å². The first-order valence-electron chi connectivity index (χ1n) is 13.1. The minimum atomic E-state index is -1.67. The second kappa shape index (κ2) is 14.1. The number of thiocarbonyl (C=S) groups is 1. The lowest BCUT2D eigenvalue weighted by molar-refractivity contribution is -0.118. The first kappa shape index (κ1) is 28.6. The van der Waals surface area contributed by atoms with Gasteiger partial charge in [-0.3, -0.25) is 4.79 Å². The first-order chi connectivity index (χ1) is 18.7. The number of hydroxylamine groups is 1. The predicted molar refractivity (Wildman–Crippen MR) is 153 cm³/mol. The molecule has 208 valence electrons. The molecule has 3 N–H and O–H groups in total. The number of amides is 1. The van der Waals surface area contributed by atoms with Gasteiger partial charge in [-0.05, 0) is 58.9 Å². The molecule has 2 aliphatic rings. The van der Waals surface area contributed by atoms with Gasteiger partial charge in [0.2, 0.25) is 0 Å². The summed E-state index contributed by atoms with van der Waals surface area (Å²) in [4.78, 5) is 13.5. The number of hydrogen-bond acceptors (Lipinski definition) is 9. The first-order valence-corrected chi connectivity index (χ1v) is 13.9. The molecule has 1 saturated heterocycles. The van der Waals surface area contributed by atoms with E-state index in [1.54, 1.807) is 17.2 Å². The molecule has 0 saturated carbocycles. The molecule has 0 aliphatic carbocycles. The molecule has 1 fully saturated rings. The quantitative estimate of drug-likeness (QED) is 0.112. The topological polar surface area (TPSA) is 96.6 Å². The largest absolute Gasteiger partial charge is 0.460 e. The third kappa shape index (κ3) is 7.83. The van der Waals surface area contributed by atoms with Crippen molar-refractivity contribution in [2.75, 3.05) is 11.9 Å². The molecule has 38 heavy (non-hydrogen) atoms. The molecule has 0 spiro atoms. The lowest BCUT2D eigenvalue weighted by Crippen LogP contribution is -2.49. The molecule has 0 aromatic heterocycles. The molecule has 1 aromatic rings. The Morgan fingerprint density at radius 2 is 2.03 bits per heavy atom. The number of carbonyl (C=O) groups excluding carboxylic acids is 1. The normalized spacial score (nSPS) is 24.5. The predicted octanol–water partition coefficient (Wildman–Crippen LogP) is 4.37. The second-order valence-corrected chi connectivity index (χ2v) is 10.9. The van der Waals surface area contributed by atoms with Crippen LogP contribution in [0.1, 0.15) is 36.0 Å². The highest BCUT2D eigenvalue weighted by Crippen LogP contribution is 2.49. The van der Waals surface area contributed by atoms with E-state index in [-0.39, 0.29) is 30.1 Å². The molecule has 5 atom stereocenters. The van der Waals surface area contributed by atoms with E-state index >= 15 is 0 Å². The van der Waals surface area contributed by atoms with Gasteiger partial charge in [0.25, 0.3) is 19.6 Å². The molecule has 12 heteroatoms. The third-order valence-electron chi connectivity index (χ3n) is 5.62. The van der Waals surface area contributed by atoms with Gasteiger partial charge in [-0.15, -0.1) is 6.58 Å². The van der Waals surface area contributed by atoms with Crippen molar-refractivity contribution in [2.45, 2.75) is 71.2 Å². The average Bonchev–Trinajstić information content (AvgIpc) is 3.20. The van der Waals surface area contributed by atoms with E-state index in [1.165, 1.54) is 6.08 Å². The van der Waals surface area contributed by atoms with Crippen LogP contribution in [0.2, 0.25) is 0 Å². The fourth-order valence-electron chi connectivity index (χ4n) is 4.05. The van der Waals surface area contributed by atoms with Crippen molar-refractivity contribution in [1.82, 2.24) is 20.4 Å². The summed E-state index contributed by atoms with van der Waals surface area (Å²) < 4.78 is 35.6. The highest BCUT2D eigenvalue weighted by Gasteiger charge is 2.51. The van der Waals surface area contributed by atoms with Crippen LogP contribution in [0.5, 0.6) is 0 Å². The van der Waals surface area contributed by atoms with Crippen molar-refractivity contribution in [3.8, 4) is 0 Å². The monoisotopic (exact) mass is 564 g/mol. The van der Waals surface area contributed by atoms with Crippen LogP contribution >= 0.6 is 20.7 Å². The van der Waals surface area contributed by atoms with Crippen molar-refractivity contribution in [1.29, 1.82) is 0 Å². The van der Waals surface area contributed by atoms with Crippen LogP contribution in [0.3, 0.4) is 0 Å². The van der Waals surface area contributed by atoms with Crippen LogP contribution in [-0.2, 0) is 23.4 Å². The smallest absolute Gasteiger partial charge is 0.277 e. The molecule has 2 aliphatic heterocycles. The number of anilines is 1. The van der Waals surface area contributed by atoms with E-state index < -0.39 is 33.1 Å². The van der Waals surface area contributed by atoms with Gasteiger partial charge in [0.05, 0.1) is 6.10 Å². The molecular weight excluding hydrogens is 525 g/mol. The maximum absolute atomic E-state index is 11.9. The van der Waals surface area contributed by atoms with Crippen LogP contribution in [0.4, 0.5) is 5.69 Å². The van der Waals surface area contributed by atoms with Crippen LogP contribution in [0, 0.1) is 0 Å². The lowest BCUT2D eigenvalue weighted by Gasteiger charge is -2.38. The molecule has 2 heterocycles. The molecule has 3 rings (SSSR count). The standard InChI is InChI=1S/C26H38N5O5PS/c1-8-15-27-36-37(31(17(2)3)18(4)5)35-23-19(6)33-25(30-16-14-22(32)28-20(30)7)24(23)34-26(38)29-21-12-10-9-11-13-21/h8-14,16-19,23-25,27H,1,7,15H2,2-6H3,(H,28,32)(H,29,38)/t19-,23+,24+,25?,37?/m1/s1/i6D. The van der Waals surface area contributed by atoms with Crippen LogP contribution in [0.15, 0.2) is 67.7 Å². The Hall–Kier alpha value is -2.37. The Kier molecular flexibility index (Phi) is 10.7. The van der Waals surface area contributed by atoms with Crippen LogP contribution < -0.4 is 16.1 Å². The maximum Gasteiger partial charge on any atom is 0.277 e. The summed E-state index contributed by atoms with van der Waals surface area (Å²) in [6.45, 7) is 16.2. The van der Waals surface area contributed by atoms with Crippen LogP contribution in [-0.4, -0.2) is 63.8 Å². The number of rotatable bonds is 12. The molecule has 2 unspecified atom stereocenters. The Balaban J connectivity index is 1.94. The minimum Gasteiger partial charge on any atom is -0.460 e. The number of nitrogens with zero attached hydrogens (tertiary/aromatic N) is 2. The summed E-state index contributed by atoms with van der Waals surface area (Å²) in [5, 5.41) is 5.86. The Morgan fingerprint density at radius 1 is 1.32 bits per heavy atom. The fraction of sp³-hybridized carbons (Fsp3) is 0.462. The van der Waals surface area contributed by atoms with Crippen molar-refractivity contribution in [2.24, 2.45) is 0 Å². The number of benzene rings is 1. The Labute approximate surface area is 233 Å². The van der Waals surface area contributed by atoms with E-state index in [9.17, 15) is 4.79 Å². The van der Waals surface area contributed by atoms with E-state index in [0.717, 1.165) is 5.69 Å². The molecule has 1 amide bonds. The van der Waals surface area contributed by atoms with Crippen molar-refractivity contribution < 1.29 is 24.8 Å². The molecule has 0 radical (unpaired) electrons. The zero-order chi connectivity index (χ0) is 28.5. The van der Waals surface area contributed by atoms with E-state index in [4.69, 9.17) is 32.2 Å². The highest BCUT2D eigenvalue weighted by molar-refractivity contribution is 7.80. The van der Waals surface area contributed by atoms with Gasteiger partial charge in [0.15, 0.2) is 12.3 Å². The molecule has 0 bridgehead atoms. The summed E-state index contributed by atoms with van der Waals surface area (Å²) >= 11 is 5.56. The van der Waals surface area contributed by atoms with Gasteiger partial charge in [0.1, 0.15) is 11.9 Å². The SMILES string of the molecule is [2H]C[C@H]1OC(N2C=CC(=O)NC2=C)[C@@H](OC(=S)Nc2ccccc2)[C@H]1OP(ONCC=C)N(C(C)C)C(C)C. The fourth-order valence-corrected chi connectivity index (χ4v) is 5.93. The molecule has 1 aromatic carbocycles. The molecule has 10 nitrogen and oxygen atoms in total. The number of ether oxygens (including phenoxy) is 2. The minimum absolute atomic E-state index is 0.0921. The second-order valence-electron chi connectivity index (χ2n) is 9.19. The highest BCUT2D eigenvalue weighted by atomic mass is 32.1. The van der Waals surface area contributed by atoms with Gasteiger partial charge in [-0.25, -0.2) is 9.29 Å². The van der Waals surface area contributed by atoms with Crippen molar-refractivity contribution in [3.05, 3.63) is 67.7 Å². The van der Waals surface area contributed by atoms with Gasteiger partial charge in [0, 0.05) is 38.0 Å². The van der Waals surface area contributed by atoms with E-state index in [0.29, 0.717) is 12.4 Å². The van der Waals surface area contributed by atoms with Gasteiger partial charge >= 0.3 is 0 Å². The summed E-state index contributed by atoms with van der Waals surface area (Å²) in [6, 6.07) is 9.58. The summed E-state index contributed by atoms with van der Waals surface area (Å²) in [5.74, 6) is 0.0112. The number of carbonyl (C=O) groups is 1. The summed E-state index contributed by atoms with van der Waals surface area (Å²) in [6.07, 6.45) is 1.58. The average molecular weight is 565 g/mol. The zero-order valence-corrected chi connectivity index (χ0v) is 23.9. The Morgan fingerprint density at radius 3 is 2.63 bits per heavy atom. The van der Waals surface area contributed by atoms with Crippen molar-refractivity contribution >= 4 is 37.5 Å². The number of hydrogen-bond donors (Lipinski definition) is 3. The third-order valence-corrected chi connectivity index (χ3v) is 7.83. The summed E-state index contributed by atoms with van der Waals surface area (Å²) in [5.41, 5.74) is 3.66.